The van der Waals surface area contributed by atoms with Crippen LogP contribution >= 0.6 is 0 Å². The van der Waals surface area contributed by atoms with Gasteiger partial charge >= 0.3 is 0 Å². The molecule has 9 aromatic carbocycles. The van der Waals surface area contributed by atoms with E-state index in [0.29, 0.717) is 0 Å². The van der Waals surface area contributed by atoms with E-state index in [1.54, 1.807) is 0 Å². The van der Waals surface area contributed by atoms with Crippen LogP contribution in [0.1, 0.15) is 61.9 Å². The Balaban J connectivity index is 1.21. The van der Waals surface area contributed by atoms with Crippen molar-refractivity contribution in [3.63, 3.8) is 0 Å². The predicted octanol–water partition coefficient (Wildman–Crippen LogP) is 18.4. The Morgan fingerprint density at radius 1 is 0.476 bits per heavy atom. The van der Waals surface area contributed by atoms with E-state index in [0.717, 1.165) is 34.6 Å². The second-order valence-corrected chi connectivity index (χ2v) is 16.1. The van der Waals surface area contributed by atoms with Crippen LogP contribution < -0.4 is 4.90 Å². The fourth-order valence-corrected chi connectivity index (χ4v) is 9.85. The molecule has 0 aromatic heterocycles. The number of hydrogen-bond donors (Lipinski definition) is 0. The molecule has 1 heteroatoms. The smallest absolute Gasteiger partial charge is 0.0540 e. The van der Waals surface area contributed by atoms with Gasteiger partial charge in [-0.1, -0.05) is 189 Å². The number of fused-ring (bicyclic) bond motifs is 3. The first-order chi connectivity index (χ1) is 31.0. The fourth-order valence-electron chi connectivity index (χ4n) is 9.85. The van der Waals surface area contributed by atoms with Gasteiger partial charge < -0.3 is 4.90 Å². The molecule has 0 heterocycles. The quantitative estimate of drug-likeness (QED) is 0.126. The highest BCUT2D eigenvalue weighted by molar-refractivity contribution is 6.12. The third-order valence-corrected chi connectivity index (χ3v) is 12.6. The summed E-state index contributed by atoms with van der Waals surface area (Å²) < 4.78 is 0. The molecule has 0 fully saturated rings. The van der Waals surface area contributed by atoms with E-state index in [2.05, 4.69) is 246 Å². The summed E-state index contributed by atoms with van der Waals surface area (Å²) in [5, 5.41) is 7.41. The molecule has 1 nitrogen and oxygen atoms in total. The molecule has 0 unspecified atom stereocenters. The van der Waals surface area contributed by atoms with Crippen molar-refractivity contribution in [3.8, 4) is 33.4 Å². The minimum absolute atomic E-state index is 0.979. The minimum Gasteiger partial charge on any atom is -0.310 e. The van der Waals surface area contributed by atoms with Crippen molar-refractivity contribution >= 4 is 73.2 Å². The molecular formula is C62H53N. The predicted molar refractivity (Wildman–Crippen MR) is 278 cm³/mol. The second kappa shape index (κ2) is 17.9. The lowest BCUT2D eigenvalue weighted by molar-refractivity contribution is 1.23. The maximum atomic E-state index is 4.39. The second-order valence-electron chi connectivity index (χ2n) is 16.1. The zero-order valence-corrected chi connectivity index (χ0v) is 37.0. The lowest BCUT2D eigenvalue weighted by Crippen LogP contribution is -2.10. The lowest BCUT2D eigenvalue weighted by atomic mass is 9.83. The van der Waals surface area contributed by atoms with E-state index in [4.69, 9.17) is 0 Å². The third kappa shape index (κ3) is 7.30. The van der Waals surface area contributed by atoms with Crippen LogP contribution in [0, 0.1) is 6.92 Å². The van der Waals surface area contributed by atoms with Gasteiger partial charge in [-0.25, -0.2) is 0 Å². The van der Waals surface area contributed by atoms with Crippen molar-refractivity contribution in [2.45, 2.75) is 41.0 Å². The molecule has 0 aliphatic heterocycles. The number of rotatable bonds is 11. The summed E-state index contributed by atoms with van der Waals surface area (Å²) in [5.74, 6) is 0. The summed E-state index contributed by atoms with van der Waals surface area (Å²) in [7, 11) is 0. The topological polar surface area (TPSA) is 3.24 Å². The third-order valence-electron chi connectivity index (χ3n) is 12.6. The van der Waals surface area contributed by atoms with Crippen molar-refractivity contribution in [2.24, 2.45) is 0 Å². The van der Waals surface area contributed by atoms with Crippen LogP contribution in [0.25, 0.3) is 89.5 Å². The first-order valence-corrected chi connectivity index (χ1v) is 22.2. The number of benzene rings is 9. The Kier molecular flexibility index (Phi) is 11.6. The molecule has 0 aliphatic rings. The van der Waals surface area contributed by atoms with Gasteiger partial charge in [0.25, 0.3) is 0 Å². The molecule has 0 amide bonds. The highest BCUT2D eigenvalue weighted by Gasteiger charge is 2.22. The van der Waals surface area contributed by atoms with E-state index >= 15 is 0 Å². The van der Waals surface area contributed by atoms with Crippen molar-refractivity contribution in [3.05, 3.63) is 222 Å². The molecule has 0 saturated carbocycles. The largest absolute Gasteiger partial charge is 0.310 e. The van der Waals surface area contributed by atoms with Crippen LogP contribution in [0.5, 0.6) is 0 Å². The van der Waals surface area contributed by atoms with Crippen molar-refractivity contribution in [1.82, 2.24) is 0 Å². The zero-order chi connectivity index (χ0) is 43.5. The van der Waals surface area contributed by atoms with Gasteiger partial charge in [0, 0.05) is 16.8 Å². The van der Waals surface area contributed by atoms with Gasteiger partial charge in [-0.2, -0.15) is 0 Å². The fraction of sp³-hybridized carbons (Fsp3) is 0.0968. The number of allylic oxidation sites excluding steroid dienone is 4. The number of nitrogens with zero attached hydrogens (tertiary/aromatic N) is 1. The molecule has 306 valence electrons. The molecule has 0 bridgehead atoms. The molecule has 0 saturated heterocycles. The maximum absolute atomic E-state index is 4.39. The van der Waals surface area contributed by atoms with E-state index < -0.39 is 0 Å². The molecule has 63 heavy (non-hydrogen) atoms. The first-order valence-electron chi connectivity index (χ1n) is 22.2. The normalized spacial score (nSPS) is 12.0. The Labute approximate surface area is 373 Å². The molecule has 9 rings (SSSR count). The first kappa shape index (κ1) is 40.9. The molecule has 9 aromatic rings. The Morgan fingerprint density at radius 3 is 1.52 bits per heavy atom. The van der Waals surface area contributed by atoms with Crippen LogP contribution in [0.4, 0.5) is 17.1 Å². The van der Waals surface area contributed by atoms with Crippen molar-refractivity contribution in [2.75, 3.05) is 4.90 Å². The van der Waals surface area contributed by atoms with Gasteiger partial charge in [0.05, 0.1) is 5.69 Å². The van der Waals surface area contributed by atoms with Gasteiger partial charge in [-0.05, 0) is 158 Å². The summed E-state index contributed by atoms with van der Waals surface area (Å²) in [6.07, 6.45) is 14.1. The summed E-state index contributed by atoms with van der Waals surface area (Å²) >= 11 is 0. The summed E-state index contributed by atoms with van der Waals surface area (Å²) in [4.78, 5) is 2.41. The van der Waals surface area contributed by atoms with Crippen LogP contribution in [0.3, 0.4) is 0 Å². The lowest BCUT2D eigenvalue weighted by Gasteiger charge is -2.28. The minimum atomic E-state index is 0.979. The van der Waals surface area contributed by atoms with Crippen molar-refractivity contribution < 1.29 is 0 Å². The summed E-state index contributed by atoms with van der Waals surface area (Å²) in [6.45, 7) is 15.3. The summed E-state index contributed by atoms with van der Waals surface area (Å²) in [5.41, 5.74) is 18.2. The highest BCUT2D eigenvalue weighted by atomic mass is 15.1. The van der Waals surface area contributed by atoms with Crippen LogP contribution in [0.15, 0.2) is 195 Å². The van der Waals surface area contributed by atoms with Gasteiger partial charge in [0.2, 0.25) is 0 Å². The average molecular weight is 812 g/mol. The van der Waals surface area contributed by atoms with Crippen molar-refractivity contribution in [1.29, 1.82) is 0 Å². The molecule has 0 N–H and O–H groups in total. The molecule has 0 spiro atoms. The summed E-state index contributed by atoms with van der Waals surface area (Å²) in [6, 6.07) is 62.1. The maximum Gasteiger partial charge on any atom is 0.0540 e. The highest BCUT2D eigenvalue weighted by Crippen LogP contribution is 2.46. The number of hydrogen-bond acceptors (Lipinski definition) is 1. The standard InChI is InChI=1S/C62H53N/c1-7-22-51-42(6)59(54-29-17-18-30-55(54)60(51)43(9-3)10-4)46-34-38-48(39-35-46)63(58-33-21-27-44-24-15-16-28-52(44)58)49-40-36-47(37-41-49)61-50(11-5)53(23-8-2)62(45-25-13-12-14-26-45)57-32-20-19-31-56(57)61/h7-9,11-41H,5,10H2,1-4,6H3/b22-7-,23-8-,43-9+. The van der Waals surface area contributed by atoms with E-state index in [1.807, 2.05) is 6.08 Å². The molecular weight excluding hydrogens is 759 g/mol. The average Bonchev–Trinajstić information content (AvgIpc) is 3.33. The SMILES string of the molecule is C=Cc1c(/C=C\C)c(-c2ccccc2)c2ccccc2c1-c1ccc(N(c2ccc(-c3c(C)c(/C=C\C)c(/C(=C/C)CC)c4ccccc34)cc2)c2cccc3ccccc23)cc1. The van der Waals surface area contributed by atoms with Crippen LogP contribution in [-0.4, -0.2) is 0 Å². The van der Waals surface area contributed by atoms with Gasteiger partial charge in [0.1, 0.15) is 0 Å². The van der Waals surface area contributed by atoms with Gasteiger partial charge in [0.15, 0.2) is 0 Å². The molecule has 0 atom stereocenters. The zero-order valence-electron chi connectivity index (χ0n) is 37.0. The Bertz CT molecular complexity index is 3230. The molecule has 0 aliphatic carbocycles. The molecule has 0 radical (unpaired) electrons. The van der Waals surface area contributed by atoms with E-state index in [1.165, 1.54) is 88.0 Å². The number of anilines is 3. The van der Waals surface area contributed by atoms with Crippen LogP contribution in [-0.2, 0) is 0 Å². The van der Waals surface area contributed by atoms with Crippen LogP contribution in [0.2, 0.25) is 0 Å². The van der Waals surface area contributed by atoms with E-state index in [9.17, 15) is 0 Å². The van der Waals surface area contributed by atoms with Gasteiger partial charge in [-0.3, -0.25) is 0 Å². The van der Waals surface area contributed by atoms with Gasteiger partial charge in [-0.15, -0.1) is 0 Å². The van der Waals surface area contributed by atoms with E-state index in [-0.39, 0.29) is 0 Å². The Morgan fingerprint density at radius 2 is 0.952 bits per heavy atom. The monoisotopic (exact) mass is 811 g/mol. The Hall–Kier alpha value is -7.48.